The fourth-order valence-corrected chi connectivity index (χ4v) is 5.34. The molecule has 0 amide bonds. The van der Waals surface area contributed by atoms with Gasteiger partial charge in [0.2, 0.25) is 0 Å². The monoisotopic (exact) mass is 451 g/mol. The Hall–Kier alpha value is -2.03. The Balaban J connectivity index is 1.32. The molecule has 0 N–H and O–H groups in total. The maximum atomic E-state index is 6.30. The Kier molecular flexibility index (Phi) is 9.02. The molecule has 0 bridgehead atoms. The van der Waals surface area contributed by atoms with Crippen molar-refractivity contribution in [3.63, 3.8) is 0 Å². The van der Waals surface area contributed by atoms with Crippen molar-refractivity contribution in [1.29, 1.82) is 0 Å². The van der Waals surface area contributed by atoms with Crippen LogP contribution < -0.4 is 0 Å². The van der Waals surface area contributed by atoms with Gasteiger partial charge in [0.15, 0.2) is 0 Å². The first kappa shape index (κ1) is 24.6. The summed E-state index contributed by atoms with van der Waals surface area (Å²) in [6.45, 7) is 18.5. The minimum atomic E-state index is 0.171. The predicted molar refractivity (Wildman–Crippen MR) is 138 cm³/mol. The van der Waals surface area contributed by atoms with E-state index in [0.717, 1.165) is 30.2 Å². The number of hydrogen-bond donors (Lipinski definition) is 0. The Morgan fingerprint density at radius 1 is 1.16 bits per heavy atom. The highest BCUT2D eigenvalue weighted by Gasteiger charge is 2.45. The van der Waals surface area contributed by atoms with Gasteiger partial charge >= 0.3 is 0 Å². The number of ether oxygens (including phenoxy) is 1. The van der Waals surface area contributed by atoms with Gasteiger partial charge < -0.3 is 4.74 Å². The van der Waals surface area contributed by atoms with Gasteiger partial charge in [0.25, 0.3) is 0 Å². The molecule has 1 unspecified atom stereocenters. The molecule has 1 spiro atoms. The van der Waals surface area contributed by atoms with Gasteiger partial charge in [-0.1, -0.05) is 73.9 Å². The molecule has 3 heteroatoms. The molecule has 0 aromatic heterocycles. The molecule has 0 radical (unpaired) electrons. The summed E-state index contributed by atoms with van der Waals surface area (Å²) >= 11 is 6.30. The Labute approximate surface area is 200 Å². The van der Waals surface area contributed by atoms with Gasteiger partial charge in [-0.05, 0) is 86.7 Å². The molecule has 172 valence electrons. The van der Waals surface area contributed by atoms with Gasteiger partial charge in [-0.25, -0.2) is 0 Å². The Morgan fingerprint density at radius 2 is 1.91 bits per heavy atom. The normalized spacial score (nSPS) is 23.7. The van der Waals surface area contributed by atoms with E-state index in [1.165, 1.54) is 44.3 Å². The third kappa shape index (κ3) is 6.98. The number of likely N-dealkylation sites (tertiary alicyclic amines) is 1. The second-order valence-corrected chi connectivity index (χ2v) is 9.98. The second kappa shape index (κ2) is 11.7. The zero-order valence-corrected chi connectivity index (χ0v) is 20.3. The van der Waals surface area contributed by atoms with Crippen molar-refractivity contribution < 1.29 is 4.74 Å². The highest BCUT2D eigenvalue weighted by Crippen LogP contribution is 2.52. The zero-order valence-electron chi connectivity index (χ0n) is 19.6. The van der Waals surface area contributed by atoms with Gasteiger partial charge in [0, 0.05) is 17.5 Å². The number of nitrogens with zero attached hydrogens (tertiary/aromatic N) is 1. The molecule has 2 aliphatic carbocycles. The van der Waals surface area contributed by atoms with Gasteiger partial charge in [-0.15, -0.1) is 0 Å². The molecule has 0 aromatic rings. The van der Waals surface area contributed by atoms with Crippen molar-refractivity contribution in [2.24, 2.45) is 17.3 Å². The summed E-state index contributed by atoms with van der Waals surface area (Å²) in [5.41, 5.74) is 2.72. The molecule has 0 aromatic carbocycles. The van der Waals surface area contributed by atoms with Crippen LogP contribution in [0.15, 0.2) is 96.4 Å². The van der Waals surface area contributed by atoms with E-state index in [9.17, 15) is 0 Å². The lowest BCUT2D eigenvalue weighted by Gasteiger charge is -2.52. The smallest absolute Gasteiger partial charge is 0.112 e. The van der Waals surface area contributed by atoms with E-state index in [4.69, 9.17) is 16.3 Å². The van der Waals surface area contributed by atoms with Crippen molar-refractivity contribution in [1.82, 2.24) is 4.90 Å². The summed E-state index contributed by atoms with van der Waals surface area (Å²) in [7, 11) is 0. The summed E-state index contributed by atoms with van der Waals surface area (Å²) in [5.74, 6) is 1.52. The molecular weight excluding hydrogens is 414 g/mol. The van der Waals surface area contributed by atoms with Crippen molar-refractivity contribution in [3.8, 4) is 0 Å². The van der Waals surface area contributed by atoms with E-state index < -0.39 is 0 Å². The second-order valence-electron chi connectivity index (χ2n) is 9.55. The van der Waals surface area contributed by atoms with Crippen molar-refractivity contribution >= 4 is 11.6 Å². The van der Waals surface area contributed by atoms with E-state index in [1.807, 2.05) is 37.3 Å². The van der Waals surface area contributed by atoms with Crippen LogP contribution in [0, 0.1) is 17.3 Å². The van der Waals surface area contributed by atoms with Crippen LogP contribution in [0.2, 0.25) is 0 Å². The highest BCUT2D eigenvalue weighted by atomic mass is 35.5. The molecule has 3 rings (SSSR count). The third-order valence-electron chi connectivity index (χ3n) is 6.95. The van der Waals surface area contributed by atoms with Gasteiger partial charge in [-0.3, -0.25) is 4.90 Å². The van der Waals surface area contributed by atoms with Gasteiger partial charge in [-0.2, -0.15) is 0 Å². The first-order valence-corrected chi connectivity index (χ1v) is 12.2. The number of allylic oxidation sites excluding steroid dienone is 10. The minimum Gasteiger partial charge on any atom is -0.494 e. The molecule has 1 aliphatic heterocycles. The molecule has 1 saturated carbocycles. The largest absolute Gasteiger partial charge is 0.494 e. The van der Waals surface area contributed by atoms with Crippen molar-refractivity contribution in [2.45, 2.75) is 39.0 Å². The van der Waals surface area contributed by atoms with Crippen LogP contribution in [-0.4, -0.2) is 31.1 Å². The number of rotatable bonds is 10. The van der Waals surface area contributed by atoms with Crippen LogP contribution in [-0.2, 0) is 4.74 Å². The maximum Gasteiger partial charge on any atom is 0.112 e. The molecule has 2 nitrogen and oxygen atoms in total. The molecular formula is C29H38ClNO. The van der Waals surface area contributed by atoms with E-state index in [0.29, 0.717) is 17.1 Å². The highest BCUT2D eigenvalue weighted by molar-refractivity contribution is 6.30. The lowest BCUT2D eigenvalue weighted by molar-refractivity contribution is -0.0364. The fraction of sp³-hybridized carbons (Fsp3) is 0.448. The maximum absolute atomic E-state index is 6.30. The molecule has 1 saturated heterocycles. The summed E-state index contributed by atoms with van der Waals surface area (Å²) in [5, 5.41) is 0.842. The van der Waals surface area contributed by atoms with E-state index in [2.05, 4.69) is 48.9 Å². The van der Waals surface area contributed by atoms with E-state index in [1.54, 1.807) is 0 Å². The van der Waals surface area contributed by atoms with Crippen LogP contribution in [0.5, 0.6) is 0 Å². The summed E-state index contributed by atoms with van der Waals surface area (Å²) in [4.78, 5) is 2.54. The minimum absolute atomic E-state index is 0.171. The van der Waals surface area contributed by atoms with Crippen LogP contribution in [0.4, 0.5) is 0 Å². The lowest BCUT2D eigenvalue weighted by Crippen LogP contribution is -2.48. The lowest BCUT2D eigenvalue weighted by atomic mass is 9.58. The fourth-order valence-electron chi connectivity index (χ4n) is 5.04. The summed E-state index contributed by atoms with van der Waals surface area (Å²) in [6, 6.07) is 0. The average Bonchev–Trinajstić information content (AvgIpc) is 2.76. The Bertz CT molecular complexity index is 840. The quantitative estimate of drug-likeness (QED) is 0.251. The third-order valence-corrected chi connectivity index (χ3v) is 7.34. The van der Waals surface area contributed by atoms with E-state index >= 15 is 0 Å². The van der Waals surface area contributed by atoms with Gasteiger partial charge in [0.1, 0.15) is 5.76 Å². The number of halogens is 1. The molecule has 3 aliphatic rings. The topological polar surface area (TPSA) is 12.5 Å². The van der Waals surface area contributed by atoms with E-state index in [-0.39, 0.29) is 5.92 Å². The molecule has 1 atom stereocenters. The van der Waals surface area contributed by atoms with Gasteiger partial charge in [0.05, 0.1) is 6.61 Å². The van der Waals surface area contributed by atoms with Crippen molar-refractivity contribution in [3.05, 3.63) is 96.4 Å². The summed E-state index contributed by atoms with van der Waals surface area (Å²) in [6.07, 6.45) is 24.3. The Morgan fingerprint density at radius 3 is 2.59 bits per heavy atom. The standard InChI is InChI=1S/C29H38ClNO/c1-5-6-7-10-23(2)21-31-17-15-29(16-18-31)19-26(20-29)22-32-25(4)14-13-24(3)27-11-8-9-12-28(27)30/h5-10,12-14,26-27H,2-4,11,15-22H2,1H3/b6-5-,10-7-,14-13-. The molecule has 2 fully saturated rings. The van der Waals surface area contributed by atoms with Crippen molar-refractivity contribution in [2.75, 3.05) is 26.2 Å². The number of hydrogen-bond acceptors (Lipinski definition) is 2. The summed E-state index contributed by atoms with van der Waals surface area (Å²) < 4.78 is 5.95. The first-order valence-electron chi connectivity index (χ1n) is 11.8. The van der Waals surface area contributed by atoms with Crippen LogP contribution in [0.25, 0.3) is 0 Å². The van der Waals surface area contributed by atoms with Crippen LogP contribution in [0.1, 0.15) is 39.0 Å². The molecule has 1 heterocycles. The number of piperidine rings is 1. The molecule has 32 heavy (non-hydrogen) atoms. The first-order chi connectivity index (χ1) is 15.4. The van der Waals surface area contributed by atoms with Crippen LogP contribution >= 0.6 is 11.6 Å². The zero-order chi connectivity index (χ0) is 23.0. The SMILES string of the molecule is C=C(/C=C\C=C/C)CN1CCC2(CC1)CC(COC(=C)/C=C\C(=C)C1CC=CC=C1Cl)C2. The van der Waals surface area contributed by atoms with Crippen LogP contribution in [0.3, 0.4) is 0 Å². The average molecular weight is 452 g/mol. The predicted octanol–water partition coefficient (Wildman–Crippen LogP) is 7.51.